The first-order chi connectivity index (χ1) is 13.1. The second kappa shape index (κ2) is 8.79. The second-order valence-electron chi connectivity index (χ2n) is 6.66. The molecule has 1 aromatic carbocycles. The van der Waals surface area contributed by atoms with Gasteiger partial charge in [-0.15, -0.1) is 0 Å². The number of benzene rings is 1. The van der Waals surface area contributed by atoms with Crippen LogP contribution in [0.2, 0.25) is 0 Å². The number of ether oxygens (including phenoxy) is 1. The van der Waals surface area contributed by atoms with E-state index in [-0.39, 0.29) is 29.9 Å². The van der Waals surface area contributed by atoms with Crippen LogP contribution in [0.5, 0.6) is 5.75 Å². The van der Waals surface area contributed by atoms with E-state index in [1.54, 1.807) is 0 Å². The zero-order valence-corrected chi connectivity index (χ0v) is 15.2. The Bertz CT molecular complexity index is 808. The molecular weight excluding hydrogens is 352 g/mol. The van der Waals surface area contributed by atoms with Crippen LogP contribution < -0.4 is 15.4 Å². The van der Waals surface area contributed by atoms with Gasteiger partial charge in [0.15, 0.2) is 0 Å². The van der Waals surface area contributed by atoms with Gasteiger partial charge in [-0.2, -0.15) is 0 Å². The van der Waals surface area contributed by atoms with E-state index in [0.29, 0.717) is 11.3 Å². The first-order valence-corrected chi connectivity index (χ1v) is 9.09. The first-order valence-electron chi connectivity index (χ1n) is 9.09. The van der Waals surface area contributed by atoms with Crippen LogP contribution in [0.15, 0.2) is 30.5 Å². The topological polar surface area (TPSA) is 63.2 Å². The molecule has 1 aliphatic rings. The smallest absolute Gasteiger partial charge is 0.315 e. The fourth-order valence-corrected chi connectivity index (χ4v) is 3.33. The van der Waals surface area contributed by atoms with Crippen molar-refractivity contribution in [2.24, 2.45) is 0 Å². The Morgan fingerprint density at radius 2 is 1.96 bits per heavy atom. The average Bonchev–Trinajstić information content (AvgIpc) is 2.68. The Hall–Kier alpha value is -2.70. The number of hydrogen-bond acceptors (Lipinski definition) is 3. The third-order valence-corrected chi connectivity index (χ3v) is 4.74. The molecule has 5 nitrogen and oxygen atoms in total. The molecule has 0 atom stereocenters. The van der Waals surface area contributed by atoms with Crippen LogP contribution in [-0.2, 0) is 6.54 Å². The van der Waals surface area contributed by atoms with Gasteiger partial charge in [0.1, 0.15) is 17.4 Å². The summed E-state index contributed by atoms with van der Waals surface area (Å²) in [6.45, 7) is 0.162. The average molecular weight is 375 g/mol. The molecule has 2 amide bonds. The summed E-state index contributed by atoms with van der Waals surface area (Å²) in [6, 6.07) is 5.39. The van der Waals surface area contributed by atoms with E-state index in [0.717, 1.165) is 31.9 Å². The van der Waals surface area contributed by atoms with Crippen LogP contribution in [-0.4, -0.2) is 24.2 Å². The molecule has 0 bridgehead atoms. The predicted octanol–water partition coefficient (Wildman–Crippen LogP) is 4.17. The summed E-state index contributed by atoms with van der Waals surface area (Å²) in [5.74, 6) is -0.782. The summed E-state index contributed by atoms with van der Waals surface area (Å²) in [7, 11) is 1.40. The van der Waals surface area contributed by atoms with Gasteiger partial charge in [0.05, 0.1) is 25.5 Å². The molecule has 1 heterocycles. The molecule has 1 fully saturated rings. The van der Waals surface area contributed by atoms with Crippen molar-refractivity contribution in [3.05, 3.63) is 47.8 Å². The number of nitrogens with zero attached hydrogens (tertiary/aromatic N) is 1. The Balaban J connectivity index is 1.69. The van der Waals surface area contributed by atoms with Gasteiger partial charge in [0.25, 0.3) is 0 Å². The van der Waals surface area contributed by atoms with Crippen molar-refractivity contribution in [2.75, 3.05) is 7.11 Å². The molecule has 0 aliphatic heterocycles. The van der Waals surface area contributed by atoms with Crippen LogP contribution >= 0.6 is 0 Å². The number of nitrogens with one attached hydrogen (secondary N) is 2. The molecule has 3 rings (SSSR count). The summed E-state index contributed by atoms with van der Waals surface area (Å²) in [6.07, 6.45) is 6.57. The van der Waals surface area contributed by atoms with E-state index in [1.807, 2.05) is 0 Å². The van der Waals surface area contributed by atoms with E-state index in [2.05, 4.69) is 15.6 Å². The number of halogens is 2. The number of hydrogen-bond donors (Lipinski definition) is 2. The molecule has 1 aliphatic carbocycles. The van der Waals surface area contributed by atoms with Crippen molar-refractivity contribution in [3.8, 4) is 16.9 Å². The molecule has 7 heteroatoms. The quantitative estimate of drug-likeness (QED) is 0.825. The van der Waals surface area contributed by atoms with Crippen molar-refractivity contribution in [3.63, 3.8) is 0 Å². The highest BCUT2D eigenvalue weighted by atomic mass is 19.1. The second-order valence-corrected chi connectivity index (χ2v) is 6.66. The van der Waals surface area contributed by atoms with Crippen LogP contribution in [0.4, 0.5) is 13.6 Å². The van der Waals surface area contributed by atoms with E-state index in [9.17, 15) is 13.6 Å². The Labute approximate surface area is 157 Å². The third-order valence-electron chi connectivity index (χ3n) is 4.74. The number of amides is 2. The largest absolute Gasteiger partial charge is 0.496 e. The highest BCUT2D eigenvalue weighted by molar-refractivity contribution is 5.74. The Morgan fingerprint density at radius 3 is 2.70 bits per heavy atom. The van der Waals surface area contributed by atoms with Crippen LogP contribution in [0.1, 0.15) is 37.8 Å². The standard InChI is InChI=1S/C20H23F2N3O2/c1-27-19-9-13(21)7-8-16(19)17-10-15(23-12-18(17)22)11-24-20(26)25-14-5-3-2-4-6-14/h7-10,12,14H,2-6,11H2,1H3,(H2,24,25,26). The molecule has 2 N–H and O–H groups in total. The normalized spacial score (nSPS) is 14.6. The maximum absolute atomic E-state index is 14.3. The van der Waals surface area contributed by atoms with Gasteiger partial charge < -0.3 is 15.4 Å². The summed E-state index contributed by atoms with van der Waals surface area (Å²) < 4.78 is 32.8. The lowest BCUT2D eigenvalue weighted by atomic mass is 9.96. The van der Waals surface area contributed by atoms with Crippen molar-refractivity contribution in [1.82, 2.24) is 15.6 Å². The summed E-state index contributed by atoms with van der Waals surface area (Å²) in [5.41, 5.74) is 1.16. The van der Waals surface area contributed by atoms with Crippen molar-refractivity contribution in [1.29, 1.82) is 0 Å². The molecule has 144 valence electrons. The molecule has 0 spiro atoms. The highest BCUT2D eigenvalue weighted by Gasteiger charge is 2.16. The van der Waals surface area contributed by atoms with E-state index in [1.165, 1.54) is 37.8 Å². The number of carbonyl (C=O) groups excluding carboxylic acids is 1. The van der Waals surface area contributed by atoms with Crippen molar-refractivity contribution in [2.45, 2.75) is 44.7 Å². The molecule has 1 aromatic heterocycles. The van der Waals surface area contributed by atoms with Crippen LogP contribution in [0.3, 0.4) is 0 Å². The minimum atomic E-state index is -0.546. The Morgan fingerprint density at radius 1 is 1.19 bits per heavy atom. The number of urea groups is 1. The number of rotatable bonds is 5. The van der Waals surface area contributed by atoms with Gasteiger partial charge in [0.2, 0.25) is 0 Å². The fraction of sp³-hybridized carbons (Fsp3) is 0.400. The first kappa shape index (κ1) is 19.1. The third kappa shape index (κ3) is 4.93. The molecule has 0 saturated heterocycles. The van der Waals surface area contributed by atoms with E-state index < -0.39 is 11.6 Å². The number of aromatic nitrogens is 1. The van der Waals surface area contributed by atoms with Gasteiger partial charge in [-0.05, 0) is 31.0 Å². The lowest BCUT2D eigenvalue weighted by Gasteiger charge is -2.22. The molecule has 27 heavy (non-hydrogen) atoms. The fourth-order valence-electron chi connectivity index (χ4n) is 3.33. The highest BCUT2D eigenvalue weighted by Crippen LogP contribution is 2.32. The van der Waals surface area contributed by atoms with E-state index in [4.69, 9.17) is 4.74 Å². The zero-order valence-electron chi connectivity index (χ0n) is 15.2. The van der Waals surface area contributed by atoms with E-state index >= 15 is 0 Å². The maximum atomic E-state index is 14.3. The van der Waals surface area contributed by atoms with Gasteiger partial charge in [-0.3, -0.25) is 4.98 Å². The lowest BCUT2D eigenvalue weighted by Crippen LogP contribution is -2.42. The minimum Gasteiger partial charge on any atom is -0.496 e. The number of carbonyl (C=O) groups is 1. The summed E-state index contributed by atoms with van der Waals surface area (Å²) in [4.78, 5) is 16.1. The number of pyridine rings is 1. The minimum absolute atomic E-state index is 0.162. The molecule has 0 unspecified atom stereocenters. The number of methoxy groups -OCH3 is 1. The SMILES string of the molecule is COc1cc(F)ccc1-c1cc(CNC(=O)NC2CCCCC2)ncc1F. The predicted molar refractivity (Wildman–Crippen MR) is 98.4 cm³/mol. The van der Waals surface area contributed by atoms with Crippen LogP contribution in [0, 0.1) is 11.6 Å². The summed E-state index contributed by atoms with van der Waals surface area (Å²) in [5, 5.41) is 5.71. The Kier molecular flexibility index (Phi) is 6.21. The van der Waals surface area contributed by atoms with Gasteiger partial charge in [-0.25, -0.2) is 13.6 Å². The molecule has 0 radical (unpaired) electrons. The summed E-state index contributed by atoms with van der Waals surface area (Å²) >= 11 is 0. The van der Waals surface area contributed by atoms with Crippen molar-refractivity contribution < 1.29 is 18.3 Å². The molecule has 1 saturated carbocycles. The van der Waals surface area contributed by atoms with Crippen molar-refractivity contribution >= 4 is 6.03 Å². The lowest BCUT2D eigenvalue weighted by molar-refractivity contribution is 0.232. The van der Waals surface area contributed by atoms with Crippen LogP contribution in [0.25, 0.3) is 11.1 Å². The monoisotopic (exact) mass is 375 g/mol. The van der Waals surface area contributed by atoms with Gasteiger partial charge >= 0.3 is 6.03 Å². The van der Waals surface area contributed by atoms with Gasteiger partial charge in [0, 0.05) is 23.2 Å². The molecule has 2 aromatic rings. The molecular formula is C20H23F2N3O2. The maximum Gasteiger partial charge on any atom is 0.315 e. The zero-order chi connectivity index (χ0) is 19.2. The van der Waals surface area contributed by atoms with Gasteiger partial charge in [-0.1, -0.05) is 19.3 Å².